The summed E-state index contributed by atoms with van der Waals surface area (Å²) in [6.45, 7) is 4.39. The topological polar surface area (TPSA) is 0 Å². The molecule has 6 aromatic carbocycles. The molecular formula is C38H32. The average Bonchev–Trinajstić information content (AvgIpc) is 2.99. The summed E-state index contributed by atoms with van der Waals surface area (Å²) in [6.07, 6.45) is 11.1. The van der Waals surface area contributed by atoms with Gasteiger partial charge in [-0.05, 0) is 90.7 Å². The molecule has 6 aromatic rings. The molecule has 0 unspecified atom stereocenters. The highest BCUT2D eigenvalue weighted by atomic mass is 14.1. The second-order valence-electron chi connectivity index (χ2n) is 9.97. The van der Waals surface area contributed by atoms with Crippen LogP contribution in [0.3, 0.4) is 0 Å². The normalized spacial score (nSPS) is 11.9. The quantitative estimate of drug-likeness (QED) is 0.161. The fraction of sp³-hybridized carbons (Fsp3) is 0.105. The van der Waals surface area contributed by atoms with E-state index in [4.69, 9.17) is 0 Å². The molecule has 0 aliphatic rings. The standard InChI is InChI=1S/C38H32/c1-3-27-13-17-29(18-14-27)21-23-31-25-37-36-12-8-6-10-34(36)32(24-22-30-19-15-28(4-2)16-20-30)26-38(37)35-11-7-5-9-33(31)35/h5-26H,3-4H2,1-2H3. The minimum Gasteiger partial charge on any atom is -0.0616 e. The van der Waals surface area contributed by atoms with Crippen molar-refractivity contribution in [2.24, 2.45) is 0 Å². The summed E-state index contributed by atoms with van der Waals surface area (Å²) in [5.41, 5.74) is 7.68. The van der Waals surface area contributed by atoms with E-state index in [-0.39, 0.29) is 0 Å². The van der Waals surface area contributed by atoms with Crippen LogP contribution in [0.25, 0.3) is 56.6 Å². The smallest absolute Gasteiger partial charge is 0.00926 e. The van der Waals surface area contributed by atoms with E-state index in [0.29, 0.717) is 0 Å². The number of aryl methyl sites for hydroxylation is 2. The molecule has 6 rings (SSSR count). The molecule has 0 heteroatoms. The summed E-state index contributed by atoms with van der Waals surface area (Å²) >= 11 is 0. The van der Waals surface area contributed by atoms with Crippen LogP contribution in [-0.2, 0) is 12.8 Å². The van der Waals surface area contributed by atoms with Crippen molar-refractivity contribution in [3.8, 4) is 0 Å². The second kappa shape index (κ2) is 10.5. The Bertz CT molecular complexity index is 1660. The third kappa shape index (κ3) is 4.66. The first kappa shape index (κ1) is 23.9. The van der Waals surface area contributed by atoms with Gasteiger partial charge in [-0.3, -0.25) is 0 Å². The van der Waals surface area contributed by atoms with Gasteiger partial charge in [0, 0.05) is 0 Å². The summed E-state index contributed by atoms with van der Waals surface area (Å²) in [4.78, 5) is 0. The molecule has 0 fully saturated rings. The third-order valence-electron chi connectivity index (χ3n) is 7.63. The van der Waals surface area contributed by atoms with Gasteiger partial charge in [0.05, 0.1) is 0 Å². The molecule has 0 spiro atoms. The molecule has 0 saturated carbocycles. The van der Waals surface area contributed by atoms with Crippen LogP contribution in [0.2, 0.25) is 0 Å². The molecule has 0 bridgehead atoms. The molecule has 0 saturated heterocycles. The monoisotopic (exact) mass is 488 g/mol. The third-order valence-corrected chi connectivity index (χ3v) is 7.63. The second-order valence-corrected chi connectivity index (χ2v) is 9.97. The van der Waals surface area contributed by atoms with Crippen molar-refractivity contribution in [1.82, 2.24) is 0 Å². The van der Waals surface area contributed by atoms with E-state index in [1.54, 1.807) is 0 Å². The van der Waals surface area contributed by atoms with E-state index in [2.05, 4.69) is 147 Å². The number of hydrogen-bond acceptors (Lipinski definition) is 0. The van der Waals surface area contributed by atoms with Gasteiger partial charge in [0.15, 0.2) is 0 Å². The Morgan fingerprint density at radius 3 is 1.13 bits per heavy atom. The van der Waals surface area contributed by atoms with Crippen molar-refractivity contribution in [1.29, 1.82) is 0 Å². The maximum absolute atomic E-state index is 2.37. The van der Waals surface area contributed by atoms with Crippen LogP contribution >= 0.6 is 0 Å². The summed E-state index contributed by atoms with van der Waals surface area (Å²) in [5, 5.41) is 7.73. The molecule has 0 aliphatic carbocycles. The zero-order valence-corrected chi connectivity index (χ0v) is 22.1. The fourth-order valence-electron chi connectivity index (χ4n) is 5.38. The predicted molar refractivity (Wildman–Crippen MR) is 168 cm³/mol. The van der Waals surface area contributed by atoms with Gasteiger partial charge in [-0.1, -0.05) is 135 Å². The maximum Gasteiger partial charge on any atom is -0.00926 e. The van der Waals surface area contributed by atoms with E-state index < -0.39 is 0 Å². The van der Waals surface area contributed by atoms with Crippen LogP contribution in [0.4, 0.5) is 0 Å². The largest absolute Gasteiger partial charge is 0.0616 e. The van der Waals surface area contributed by atoms with E-state index in [1.807, 2.05) is 0 Å². The SMILES string of the molecule is CCc1ccc(C=Cc2cc3c4ccccc4c(C=Cc4ccc(CC)cc4)cc3c3ccccc23)cc1. The summed E-state index contributed by atoms with van der Waals surface area (Å²) < 4.78 is 0. The number of rotatable bonds is 6. The van der Waals surface area contributed by atoms with E-state index in [1.165, 1.54) is 65.7 Å². The zero-order valence-electron chi connectivity index (χ0n) is 22.1. The number of benzene rings is 6. The predicted octanol–water partition coefficient (Wildman–Crippen LogP) is 10.6. The highest BCUT2D eigenvalue weighted by molar-refractivity contribution is 6.21. The highest BCUT2D eigenvalue weighted by Gasteiger charge is 2.10. The lowest BCUT2D eigenvalue weighted by Crippen LogP contribution is -1.87. The van der Waals surface area contributed by atoms with Gasteiger partial charge in [0.25, 0.3) is 0 Å². The van der Waals surface area contributed by atoms with E-state index >= 15 is 0 Å². The van der Waals surface area contributed by atoms with Crippen molar-refractivity contribution in [3.63, 3.8) is 0 Å². The summed E-state index contributed by atoms with van der Waals surface area (Å²) in [5.74, 6) is 0. The molecule has 0 amide bonds. The van der Waals surface area contributed by atoms with Crippen molar-refractivity contribution in [3.05, 3.63) is 143 Å². The molecular weight excluding hydrogens is 456 g/mol. The minimum absolute atomic E-state index is 1.06. The van der Waals surface area contributed by atoms with Crippen molar-refractivity contribution < 1.29 is 0 Å². The van der Waals surface area contributed by atoms with Crippen LogP contribution in [0.15, 0.2) is 109 Å². The van der Waals surface area contributed by atoms with Gasteiger partial charge < -0.3 is 0 Å². The number of hydrogen-bond donors (Lipinski definition) is 0. The Morgan fingerprint density at radius 1 is 0.395 bits per heavy atom. The Hall–Kier alpha value is -4.42. The first-order chi connectivity index (χ1) is 18.7. The van der Waals surface area contributed by atoms with Gasteiger partial charge >= 0.3 is 0 Å². The molecule has 0 nitrogen and oxygen atoms in total. The first-order valence-corrected chi connectivity index (χ1v) is 13.6. The lowest BCUT2D eigenvalue weighted by atomic mass is 9.91. The van der Waals surface area contributed by atoms with Crippen molar-refractivity contribution >= 4 is 56.6 Å². The molecule has 0 aromatic heterocycles. The van der Waals surface area contributed by atoms with Crippen LogP contribution in [-0.4, -0.2) is 0 Å². The van der Waals surface area contributed by atoms with E-state index in [9.17, 15) is 0 Å². The van der Waals surface area contributed by atoms with E-state index in [0.717, 1.165) is 12.8 Å². The Morgan fingerprint density at radius 2 is 0.763 bits per heavy atom. The molecule has 0 radical (unpaired) electrons. The van der Waals surface area contributed by atoms with Gasteiger partial charge in [-0.15, -0.1) is 0 Å². The van der Waals surface area contributed by atoms with Crippen LogP contribution in [0, 0.1) is 0 Å². The fourth-order valence-corrected chi connectivity index (χ4v) is 5.38. The van der Waals surface area contributed by atoms with Crippen LogP contribution in [0.5, 0.6) is 0 Å². The summed E-state index contributed by atoms with van der Waals surface area (Å²) in [7, 11) is 0. The molecule has 0 heterocycles. The molecule has 184 valence electrons. The Kier molecular flexibility index (Phi) is 6.63. The molecule has 0 atom stereocenters. The zero-order chi connectivity index (χ0) is 25.9. The molecule has 38 heavy (non-hydrogen) atoms. The van der Waals surface area contributed by atoms with Gasteiger partial charge in [-0.25, -0.2) is 0 Å². The Balaban J connectivity index is 1.51. The maximum atomic E-state index is 2.37. The van der Waals surface area contributed by atoms with Gasteiger partial charge in [0.1, 0.15) is 0 Å². The Labute approximate surface area is 225 Å². The molecule has 0 N–H and O–H groups in total. The minimum atomic E-state index is 1.06. The van der Waals surface area contributed by atoms with Gasteiger partial charge in [0.2, 0.25) is 0 Å². The summed E-state index contributed by atoms with van der Waals surface area (Å²) in [6, 6.07) is 40.1. The van der Waals surface area contributed by atoms with Crippen molar-refractivity contribution in [2.75, 3.05) is 0 Å². The lowest BCUT2D eigenvalue weighted by Gasteiger charge is -2.13. The highest BCUT2D eigenvalue weighted by Crippen LogP contribution is 2.36. The average molecular weight is 489 g/mol. The lowest BCUT2D eigenvalue weighted by molar-refractivity contribution is 1.14. The van der Waals surface area contributed by atoms with Crippen LogP contribution < -0.4 is 0 Å². The first-order valence-electron chi connectivity index (χ1n) is 13.6. The van der Waals surface area contributed by atoms with Crippen LogP contribution in [0.1, 0.15) is 47.2 Å². The number of fused-ring (bicyclic) bond motifs is 5. The van der Waals surface area contributed by atoms with Gasteiger partial charge in [-0.2, -0.15) is 0 Å². The van der Waals surface area contributed by atoms with Crippen molar-refractivity contribution in [2.45, 2.75) is 26.7 Å². The molecule has 0 aliphatic heterocycles.